The first kappa shape index (κ1) is 14.7. The third kappa shape index (κ3) is 3.84. The highest BCUT2D eigenvalue weighted by Gasteiger charge is 2.30. The molecule has 1 fully saturated rings. The van der Waals surface area contributed by atoms with Gasteiger partial charge in [0.1, 0.15) is 0 Å². The maximum absolute atomic E-state index is 12.1. The zero-order valence-corrected chi connectivity index (χ0v) is 11.5. The molecule has 1 atom stereocenters. The molecule has 1 heterocycles. The van der Waals surface area contributed by atoms with Crippen molar-refractivity contribution in [1.29, 1.82) is 0 Å². The molecule has 0 aromatic carbocycles. The molecule has 0 spiro atoms. The van der Waals surface area contributed by atoms with Gasteiger partial charge in [0, 0.05) is 26.2 Å². The van der Waals surface area contributed by atoms with E-state index in [1.54, 1.807) is 4.90 Å². The number of carbonyl (C=O) groups excluding carboxylic acids is 2. The lowest BCUT2D eigenvalue weighted by Gasteiger charge is -2.32. The molecule has 0 unspecified atom stereocenters. The predicted octanol–water partition coefficient (Wildman–Crippen LogP) is 0.231. The molecule has 18 heavy (non-hydrogen) atoms. The Bertz CT molecular complexity index is 341. The van der Waals surface area contributed by atoms with Gasteiger partial charge in [-0.3, -0.25) is 14.5 Å². The van der Waals surface area contributed by atoms with E-state index in [2.05, 4.69) is 11.9 Å². The number of nitrogens with one attached hydrogen (secondary N) is 1. The van der Waals surface area contributed by atoms with Crippen LogP contribution in [-0.4, -0.2) is 60.9 Å². The first-order chi connectivity index (χ1) is 8.45. The molecule has 1 aliphatic heterocycles. The Balaban J connectivity index is 2.61. The van der Waals surface area contributed by atoms with Gasteiger partial charge in [-0.2, -0.15) is 0 Å². The van der Waals surface area contributed by atoms with Crippen LogP contribution in [0.15, 0.2) is 12.2 Å². The van der Waals surface area contributed by atoms with Crippen molar-refractivity contribution in [2.75, 3.05) is 33.2 Å². The van der Waals surface area contributed by atoms with E-state index < -0.39 is 0 Å². The van der Waals surface area contributed by atoms with Crippen LogP contribution in [0.2, 0.25) is 0 Å². The Hall–Kier alpha value is -1.36. The maximum atomic E-state index is 12.1. The lowest BCUT2D eigenvalue weighted by molar-refractivity contribution is -0.137. The fourth-order valence-electron chi connectivity index (χ4n) is 2.07. The minimum Gasteiger partial charge on any atom is -0.353 e. The SMILES string of the molecule is C=C(C)CN(CC)C(=O)C[C@H]1C(=O)NCCN1C. The number of piperazine rings is 1. The quantitative estimate of drug-likeness (QED) is 0.714. The molecule has 0 aromatic heterocycles. The summed E-state index contributed by atoms with van der Waals surface area (Å²) in [4.78, 5) is 27.5. The summed E-state index contributed by atoms with van der Waals surface area (Å²) in [5.74, 6) is -0.0436. The van der Waals surface area contributed by atoms with Gasteiger partial charge < -0.3 is 10.2 Å². The van der Waals surface area contributed by atoms with Crippen molar-refractivity contribution in [2.45, 2.75) is 26.3 Å². The molecule has 0 aliphatic carbocycles. The van der Waals surface area contributed by atoms with E-state index in [0.29, 0.717) is 19.6 Å². The van der Waals surface area contributed by atoms with E-state index in [9.17, 15) is 9.59 Å². The van der Waals surface area contributed by atoms with Gasteiger partial charge in [0.15, 0.2) is 0 Å². The van der Waals surface area contributed by atoms with Crippen molar-refractivity contribution in [1.82, 2.24) is 15.1 Å². The lowest BCUT2D eigenvalue weighted by atomic mass is 10.1. The molecule has 5 nitrogen and oxygen atoms in total. The van der Waals surface area contributed by atoms with Crippen molar-refractivity contribution < 1.29 is 9.59 Å². The van der Waals surface area contributed by atoms with Gasteiger partial charge in [-0.25, -0.2) is 0 Å². The van der Waals surface area contributed by atoms with Gasteiger partial charge in [0.2, 0.25) is 11.8 Å². The van der Waals surface area contributed by atoms with Crippen molar-refractivity contribution in [3.05, 3.63) is 12.2 Å². The van der Waals surface area contributed by atoms with E-state index in [1.807, 2.05) is 25.8 Å². The highest BCUT2D eigenvalue weighted by molar-refractivity contribution is 5.88. The average molecular weight is 253 g/mol. The van der Waals surface area contributed by atoms with E-state index in [1.165, 1.54) is 0 Å². The van der Waals surface area contributed by atoms with Crippen LogP contribution in [0, 0.1) is 0 Å². The Labute approximate surface area is 109 Å². The number of hydrogen-bond donors (Lipinski definition) is 1. The predicted molar refractivity (Wildman–Crippen MR) is 71.1 cm³/mol. The second kappa shape index (κ2) is 6.54. The summed E-state index contributed by atoms with van der Waals surface area (Å²) < 4.78 is 0. The normalized spacial score (nSPS) is 20.4. The minimum atomic E-state index is -0.342. The summed E-state index contributed by atoms with van der Waals surface area (Å²) in [6.45, 7) is 10.3. The number of amides is 2. The van der Waals surface area contributed by atoms with Gasteiger partial charge in [-0.15, -0.1) is 0 Å². The second-order valence-electron chi connectivity index (χ2n) is 4.86. The average Bonchev–Trinajstić information content (AvgIpc) is 2.30. The number of likely N-dealkylation sites (N-methyl/N-ethyl adjacent to an activating group) is 2. The Morgan fingerprint density at radius 1 is 1.61 bits per heavy atom. The first-order valence-electron chi connectivity index (χ1n) is 6.35. The third-order valence-corrected chi connectivity index (χ3v) is 3.16. The Kier molecular flexibility index (Phi) is 5.34. The highest BCUT2D eigenvalue weighted by atomic mass is 16.2. The van der Waals surface area contributed by atoms with Gasteiger partial charge in [0.05, 0.1) is 12.5 Å². The fourth-order valence-corrected chi connectivity index (χ4v) is 2.07. The summed E-state index contributed by atoms with van der Waals surface area (Å²) in [7, 11) is 1.88. The molecule has 0 radical (unpaired) electrons. The topological polar surface area (TPSA) is 52.7 Å². The van der Waals surface area contributed by atoms with Crippen LogP contribution in [0.3, 0.4) is 0 Å². The van der Waals surface area contributed by atoms with Crippen LogP contribution >= 0.6 is 0 Å². The number of carbonyl (C=O) groups is 2. The largest absolute Gasteiger partial charge is 0.353 e. The number of nitrogens with zero attached hydrogens (tertiary/aromatic N) is 2. The molecule has 1 N–H and O–H groups in total. The molecule has 102 valence electrons. The van der Waals surface area contributed by atoms with Crippen LogP contribution in [0.5, 0.6) is 0 Å². The molecule has 0 aromatic rings. The van der Waals surface area contributed by atoms with E-state index in [-0.39, 0.29) is 24.3 Å². The molecule has 2 amide bonds. The fraction of sp³-hybridized carbons (Fsp3) is 0.692. The van der Waals surface area contributed by atoms with Crippen LogP contribution in [0.25, 0.3) is 0 Å². The van der Waals surface area contributed by atoms with E-state index in [4.69, 9.17) is 0 Å². The zero-order valence-electron chi connectivity index (χ0n) is 11.5. The van der Waals surface area contributed by atoms with Gasteiger partial charge in [-0.05, 0) is 20.9 Å². The molecule has 0 saturated carbocycles. The van der Waals surface area contributed by atoms with Crippen LogP contribution in [0.1, 0.15) is 20.3 Å². The number of hydrogen-bond acceptors (Lipinski definition) is 3. The van der Waals surface area contributed by atoms with Gasteiger partial charge in [0.25, 0.3) is 0 Å². The molecule has 1 saturated heterocycles. The number of rotatable bonds is 5. The molecule has 0 bridgehead atoms. The summed E-state index contributed by atoms with van der Waals surface area (Å²) >= 11 is 0. The Morgan fingerprint density at radius 3 is 2.78 bits per heavy atom. The van der Waals surface area contributed by atoms with Crippen LogP contribution < -0.4 is 5.32 Å². The zero-order chi connectivity index (χ0) is 13.7. The maximum Gasteiger partial charge on any atom is 0.237 e. The van der Waals surface area contributed by atoms with Crippen molar-refractivity contribution in [2.24, 2.45) is 0 Å². The van der Waals surface area contributed by atoms with Crippen molar-refractivity contribution in [3.8, 4) is 0 Å². The summed E-state index contributed by atoms with van der Waals surface area (Å²) in [6, 6.07) is -0.342. The molecular formula is C13H23N3O2. The van der Waals surface area contributed by atoms with E-state index in [0.717, 1.165) is 12.1 Å². The monoisotopic (exact) mass is 253 g/mol. The second-order valence-corrected chi connectivity index (χ2v) is 4.86. The van der Waals surface area contributed by atoms with Gasteiger partial charge in [-0.1, -0.05) is 12.2 Å². The first-order valence-corrected chi connectivity index (χ1v) is 6.35. The smallest absolute Gasteiger partial charge is 0.237 e. The highest BCUT2D eigenvalue weighted by Crippen LogP contribution is 2.09. The minimum absolute atomic E-state index is 0.00870. The van der Waals surface area contributed by atoms with Crippen molar-refractivity contribution >= 4 is 11.8 Å². The lowest BCUT2D eigenvalue weighted by Crippen LogP contribution is -2.55. The molecule has 1 rings (SSSR count). The molecule has 1 aliphatic rings. The summed E-state index contributed by atoms with van der Waals surface area (Å²) in [6.07, 6.45) is 0.240. The molecule has 5 heteroatoms. The van der Waals surface area contributed by atoms with Crippen LogP contribution in [0.4, 0.5) is 0 Å². The Morgan fingerprint density at radius 2 is 2.28 bits per heavy atom. The van der Waals surface area contributed by atoms with Gasteiger partial charge >= 0.3 is 0 Å². The van der Waals surface area contributed by atoms with Crippen molar-refractivity contribution in [3.63, 3.8) is 0 Å². The third-order valence-electron chi connectivity index (χ3n) is 3.16. The van der Waals surface area contributed by atoms with Crippen LogP contribution in [-0.2, 0) is 9.59 Å². The standard InChI is InChI=1S/C13H23N3O2/c1-5-16(9-10(2)3)12(17)8-11-13(18)14-6-7-15(11)4/h11H,2,5-9H2,1,3-4H3,(H,14,18)/t11-/m0/s1. The molecular weight excluding hydrogens is 230 g/mol. The summed E-state index contributed by atoms with van der Waals surface area (Å²) in [5, 5.41) is 2.80. The summed E-state index contributed by atoms with van der Waals surface area (Å²) in [5.41, 5.74) is 0.951. The van der Waals surface area contributed by atoms with E-state index >= 15 is 0 Å².